The van der Waals surface area contributed by atoms with Crippen LogP contribution in [0, 0.1) is 10.1 Å². The smallest absolute Gasteiger partial charge is 0.314 e. The summed E-state index contributed by atoms with van der Waals surface area (Å²) in [5.41, 5.74) is 6.35. The Morgan fingerprint density at radius 2 is 1.68 bits per heavy atom. The Morgan fingerprint density at radius 1 is 1.12 bits per heavy atom. The van der Waals surface area contributed by atoms with E-state index >= 15 is 0 Å². The highest BCUT2D eigenvalue weighted by Crippen LogP contribution is 2.21. The van der Waals surface area contributed by atoms with Crippen LogP contribution in [-0.4, -0.2) is 51.6 Å². The summed E-state index contributed by atoms with van der Waals surface area (Å²) in [6.07, 6.45) is 1.31. The Hall–Kier alpha value is -2.81. The second kappa shape index (κ2) is 7.84. The second-order valence-electron chi connectivity index (χ2n) is 5.65. The molecule has 0 radical (unpaired) electrons. The maximum absolute atomic E-state index is 12.6. The molecule has 1 unspecified atom stereocenters. The number of carbonyl (C=O) groups is 2. The van der Waals surface area contributed by atoms with Crippen molar-refractivity contribution in [2.24, 2.45) is 10.7 Å². The maximum atomic E-state index is 12.6. The van der Waals surface area contributed by atoms with E-state index in [0.717, 1.165) is 4.90 Å². The van der Waals surface area contributed by atoms with Crippen molar-refractivity contribution in [3.05, 3.63) is 34.4 Å². The number of benzene rings is 1. The summed E-state index contributed by atoms with van der Waals surface area (Å²) in [4.78, 5) is 42.1. The molecule has 3 amide bonds. The molecule has 1 heterocycles. The zero-order chi connectivity index (χ0) is 18.6. The van der Waals surface area contributed by atoms with E-state index in [1.807, 2.05) is 13.8 Å². The summed E-state index contributed by atoms with van der Waals surface area (Å²) in [5, 5.41) is 10.7. The molecule has 134 valence electrons. The number of nitrogens with two attached hydrogens (primary N) is 1. The summed E-state index contributed by atoms with van der Waals surface area (Å²) < 4.78 is 0. The van der Waals surface area contributed by atoms with Gasteiger partial charge in [-0.05, 0) is 25.0 Å². The van der Waals surface area contributed by atoms with Crippen LogP contribution in [0.25, 0.3) is 0 Å². The van der Waals surface area contributed by atoms with Crippen molar-refractivity contribution < 1.29 is 14.5 Å². The molecule has 0 aromatic heterocycles. The van der Waals surface area contributed by atoms with Gasteiger partial charge in [0.15, 0.2) is 0 Å². The number of hydrogen-bond donors (Lipinski definition) is 1. The molecule has 9 heteroatoms. The fourth-order valence-electron chi connectivity index (χ4n) is 2.56. The number of nitro benzene ring substituents is 1. The van der Waals surface area contributed by atoms with Crippen LogP contribution in [0.5, 0.6) is 0 Å². The lowest BCUT2D eigenvalue weighted by Gasteiger charge is -2.37. The highest BCUT2D eigenvalue weighted by Gasteiger charge is 2.41. The second-order valence-corrected chi connectivity index (χ2v) is 5.65. The Morgan fingerprint density at radius 3 is 2.20 bits per heavy atom. The fourth-order valence-corrected chi connectivity index (χ4v) is 2.56. The average Bonchev–Trinajstić information content (AvgIpc) is 2.60. The Labute approximate surface area is 145 Å². The number of amides is 3. The normalized spacial score (nSPS) is 19.6. The van der Waals surface area contributed by atoms with Gasteiger partial charge < -0.3 is 5.73 Å². The van der Waals surface area contributed by atoms with Gasteiger partial charge in [0.1, 0.15) is 11.9 Å². The van der Waals surface area contributed by atoms with Crippen LogP contribution >= 0.6 is 0 Å². The first-order valence-corrected chi connectivity index (χ1v) is 8.12. The number of urea groups is 1. The van der Waals surface area contributed by atoms with Crippen LogP contribution in [0.3, 0.4) is 0 Å². The molecule has 2 N–H and O–H groups in total. The van der Waals surface area contributed by atoms with Crippen LogP contribution in [-0.2, 0) is 4.79 Å². The van der Waals surface area contributed by atoms with E-state index < -0.39 is 22.9 Å². The number of imide groups is 1. The number of carbonyl (C=O) groups excluding carboxylic acids is 2. The highest BCUT2D eigenvalue weighted by molar-refractivity contribution is 6.20. The van der Waals surface area contributed by atoms with Gasteiger partial charge in [0.05, 0.1) is 10.6 Å². The molecule has 1 aliphatic rings. The van der Waals surface area contributed by atoms with Crippen molar-refractivity contribution in [2.45, 2.75) is 32.7 Å². The van der Waals surface area contributed by atoms with Crippen LogP contribution < -0.4 is 5.73 Å². The summed E-state index contributed by atoms with van der Waals surface area (Å²) >= 11 is 0. The largest absolute Gasteiger partial charge is 0.332 e. The van der Waals surface area contributed by atoms with Crippen molar-refractivity contribution in [2.75, 3.05) is 13.1 Å². The predicted molar refractivity (Wildman–Crippen MR) is 92.6 cm³/mol. The van der Waals surface area contributed by atoms with E-state index in [4.69, 9.17) is 5.73 Å². The first kappa shape index (κ1) is 18.5. The number of non-ortho nitro benzene ring substituents is 1. The van der Waals surface area contributed by atoms with Crippen molar-refractivity contribution in [1.29, 1.82) is 0 Å². The number of aliphatic imine (C=N–C) groups is 1. The first-order chi connectivity index (χ1) is 11.9. The van der Waals surface area contributed by atoms with E-state index in [2.05, 4.69) is 4.99 Å². The summed E-state index contributed by atoms with van der Waals surface area (Å²) in [7, 11) is 0. The molecule has 0 aliphatic carbocycles. The molecule has 2 rings (SSSR count). The van der Waals surface area contributed by atoms with E-state index in [9.17, 15) is 19.7 Å². The molecule has 1 atom stereocenters. The Balaban J connectivity index is 2.40. The average molecular weight is 347 g/mol. The van der Waals surface area contributed by atoms with Crippen molar-refractivity contribution >= 4 is 29.1 Å². The first-order valence-electron chi connectivity index (χ1n) is 8.12. The van der Waals surface area contributed by atoms with Crippen LogP contribution in [0.1, 0.15) is 26.7 Å². The SMILES string of the molecule is CCCN1C(=O)C(N)C(=Nc2ccc([N+](=O)[O-])cc2)N(CCC)C1=O. The van der Waals surface area contributed by atoms with E-state index in [1.165, 1.54) is 29.2 Å². The molecule has 1 aromatic rings. The molecule has 1 aromatic carbocycles. The third-order valence-electron chi connectivity index (χ3n) is 3.75. The lowest BCUT2D eigenvalue weighted by molar-refractivity contribution is -0.384. The van der Waals surface area contributed by atoms with Gasteiger partial charge in [0, 0.05) is 25.2 Å². The minimum absolute atomic E-state index is 0.0661. The minimum atomic E-state index is -1.05. The van der Waals surface area contributed by atoms with Gasteiger partial charge in [0.25, 0.3) is 11.6 Å². The van der Waals surface area contributed by atoms with Crippen molar-refractivity contribution in [3.8, 4) is 0 Å². The molecule has 1 saturated heterocycles. The van der Waals surface area contributed by atoms with E-state index in [-0.39, 0.29) is 11.5 Å². The van der Waals surface area contributed by atoms with Crippen LogP contribution in [0.2, 0.25) is 0 Å². The van der Waals surface area contributed by atoms with E-state index in [1.54, 1.807) is 0 Å². The monoisotopic (exact) mass is 347 g/mol. The fraction of sp³-hybridized carbons (Fsp3) is 0.438. The number of nitro groups is 1. The molecule has 0 bridgehead atoms. The zero-order valence-corrected chi connectivity index (χ0v) is 14.2. The lowest BCUT2D eigenvalue weighted by Crippen LogP contribution is -2.65. The molecular formula is C16H21N5O4. The van der Waals surface area contributed by atoms with Gasteiger partial charge in [-0.15, -0.1) is 0 Å². The minimum Gasteiger partial charge on any atom is -0.314 e. The third-order valence-corrected chi connectivity index (χ3v) is 3.75. The highest BCUT2D eigenvalue weighted by atomic mass is 16.6. The molecule has 1 aliphatic heterocycles. The quantitative estimate of drug-likeness (QED) is 0.623. The van der Waals surface area contributed by atoms with E-state index in [0.29, 0.717) is 31.6 Å². The topological polar surface area (TPSA) is 122 Å². The van der Waals surface area contributed by atoms with Crippen molar-refractivity contribution in [1.82, 2.24) is 9.80 Å². The third kappa shape index (κ3) is 3.82. The van der Waals surface area contributed by atoms with Crippen LogP contribution in [0.15, 0.2) is 29.3 Å². The standard InChI is InChI=1S/C16H21N5O4/c1-3-9-19-14(13(17)15(22)20(10-4-2)16(19)23)18-11-5-7-12(8-6-11)21(24)25/h5-8,13H,3-4,9-10,17H2,1-2H3. The van der Waals surface area contributed by atoms with Gasteiger partial charge in [0.2, 0.25) is 0 Å². The molecular weight excluding hydrogens is 326 g/mol. The summed E-state index contributed by atoms with van der Waals surface area (Å²) in [6, 6.07) is 4.04. The predicted octanol–water partition coefficient (Wildman–Crippen LogP) is 2.04. The molecule has 25 heavy (non-hydrogen) atoms. The lowest BCUT2D eigenvalue weighted by atomic mass is 10.1. The van der Waals surface area contributed by atoms with Gasteiger partial charge in [-0.2, -0.15) is 0 Å². The zero-order valence-electron chi connectivity index (χ0n) is 14.2. The summed E-state index contributed by atoms with van der Waals surface area (Å²) in [6.45, 7) is 4.46. The molecule has 1 fully saturated rings. The van der Waals surface area contributed by atoms with Gasteiger partial charge in [-0.3, -0.25) is 24.7 Å². The number of rotatable bonds is 6. The Kier molecular flexibility index (Phi) is 5.81. The summed E-state index contributed by atoms with van der Waals surface area (Å²) in [5.74, 6) is -0.321. The number of amidine groups is 1. The van der Waals surface area contributed by atoms with Crippen LogP contribution in [0.4, 0.5) is 16.2 Å². The number of hydrogen-bond acceptors (Lipinski definition) is 6. The van der Waals surface area contributed by atoms with Crippen molar-refractivity contribution in [3.63, 3.8) is 0 Å². The van der Waals surface area contributed by atoms with Gasteiger partial charge >= 0.3 is 6.03 Å². The molecule has 9 nitrogen and oxygen atoms in total. The Bertz CT molecular complexity index is 701. The maximum Gasteiger partial charge on any atom is 0.332 e. The molecule has 0 saturated carbocycles. The number of nitrogens with zero attached hydrogens (tertiary/aromatic N) is 4. The van der Waals surface area contributed by atoms with Gasteiger partial charge in [-0.1, -0.05) is 13.8 Å². The van der Waals surface area contributed by atoms with Gasteiger partial charge in [-0.25, -0.2) is 9.79 Å². The molecule has 0 spiro atoms.